The van der Waals surface area contributed by atoms with Gasteiger partial charge < -0.3 is 10.2 Å². The summed E-state index contributed by atoms with van der Waals surface area (Å²) in [4.78, 5) is 13.1. The summed E-state index contributed by atoms with van der Waals surface area (Å²) < 4.78 is 0. The van der Waals surface area contributed by atoms with Crippen molar-refractivity contribution >= 4 is 5.91 Å². The SMILES string of the molecule is CC(=O)N1CCC(CCCNC(C)C)CC1.CCC. The molecule has 1 heterocycles. The molecular formula is C16H34N2O. The van der Waals surface area contributed by atoms with Gasteiger partial charge in [-0.1, -0.05) is 34.1 Å². The van der Waals surface area contributed by atoms with Crippen LogP contribution in [0.25, 0.3) is 0 Å². The number of carbonyl (C=O) groups excluding carboxylic acids is 1. The molecule has 3 nitrogen and oxygen atoms in total. The molecule has 0 aliphatic carbocycles. The van der Waals surface area contributed by atoms with E-state index in [-0.39, 0.29) is 5.91 Å². The van der Waals surface area contributed by atoms with Gasteiger partial charge in [-0.15, -0.1) is 0 Å². The van der Waals surface area contributed by atoms with E-state index in [9.17, 15) is 4.79 Å². The number of piperidine rings is 1. The highest BCUT2D eigenvalue weighted by atomic mass is 16.2. The van der Waals surface area contributed by atoms with Crippen LogP contribution in [0, 0.1) is 5.92 Å². The van der Waals surface area contributed by atoms with Gasteiger partial charge in [-0.3, -0.25) is 4.79 Å². The maximum absolute atomic E-state index is 11.2. The van der Waals surface area contributed by atoms with Gasteiger partial charge >= 0.3 is 0 Å². The maximum Gasteiger partial charge on any atom is 0.219 e. The summed E-state index contributed by atoms with van der Waals surface area (Å²) in [6, 6.07) is 0.597. The number of nitrogens with one attached hydrogen (secondary N) is 1. The second kappa shape index (κ2) is 11.3. The minimum Gasteiger partial charge on any atom is -0.343 e. The first kappa shape index (κ1) is 18.4. The van der Waals surface area contributed by atoms with Crippen molar-refractivity contribution in [1.82, 2.24) is 10.2 Å². The molecule has 0 atom stereocenters. The van der Waals surface area contributed by atoms with Crippen molar-refractivity contribution in [2.45, 2.75) is 72.8 Å². The molecule has 0 bridgehead atoms. The minimum absolute atomic E-state index is 0.236. The molecule has 0 aromatic rings. The van der Waals surface area contributed by atoms with Gasteiger partial charge in [0.15, 0.2) is 0 Å². The van der Waals surface area contributed by atoms with Gasteiger partial charge in [0.25, 0.3) is 0 Å². The average molecular weight is 270 g/mol. The second-order valence-electron chi connectivity index (χ2n) is 5.91. The van der Waals surface area contributed by atoms with Gasteiger partial charge in [-0.25, -0.2) is 0 Å². The molecule has 1 N–H and O–H groups in total. The summed E-state index contributed by atoms with van der Waals surface area (Å²) in [5, 5.41) is 3.45. The quantitative estimate of drug-likeness (QED) is 0.776. The van der Waals surface area contributed by atoms with E-state index >= 15 is 0 Å². The number of likely N-dealkylation sites (tertiary alicyclic amines) is 1. The van der Waals surface area contributed by atoms with Crippen molar-refractivity contribution in [3.05, 3.63) is 0 Å². The van der Waals surface area contributed by atoms with E-state index in [1.165, 1.54) is 32.1 Å². The lowest BCUT2D eigenvalue weighted by molar-refractivity contribution is -0.130. The molecule has 1 fully saturated rings. The lowest BCUT2D eigenvalue weighted by Crippen LogP contribution is -2.37. The fourth-order valence-corrected chi connectivity index (χ4v) is 2.32. The molecule has 0 aromatic heterocycles. The number of carbonyl (C=O) groups is 1. The predicted molar refractivity (Wildman–Crippen MR) is 83.3 cm³/mol. The zero-order valence-corrected chi connectivity index (χ0v) is 13.7. The van der Waals surface area contributed by atoms with E-state index in [1.807, 2.05) is 4.90 Å². The van der Waals surface area contributed by atoms with Crippen LogP contribution in [0.4, 0.5) is 0 Å². The second-order valence-corrected chi connectivity index (χ2v) is 5.91. The zero-order valence-electron chi connectivity index (χ0n) is 13.7. The van der Waals surface area contributed by atoms with Gasteiger partial charge in [0.1, 0.15) is 0 Å². The summed E-state index contributed by atoms with van der Waals surface area (Å²) in [5.74, 6) is 1.07. The molecule has 1 amide bonds. The lowest BCUT2D eigenvalue weighted by Gasteiger charge is -2.31. The van der Waals surface area contributed by atoms with Crippen LogP contribution < -0.4 is 5.32 Å². The molecule has 0 radical (unpaired) electrons. The Morgan fingerprint density at radius 1 is 1.26 bits per heavy atom. The van der Waals surface area contributed by atoms with Gasteiger partial charge in [-0.2, -0.15) is 0 Å². The van der Waals surface area contributed by atoms with Crippen LogP contribution in [-0.4, -0.2) is 36.5 Å². The van der Waals surface area contributed by atoms with Crippen molar-refractivity contribution in [2.24, 2.45) is 5.92 Å². The Bertz CT molecular complexity index is 221. The van der Waals surface area contributed by atoms with Crippen LogP contribution in [0.3, 0.4) is 0 Å². The van der Waals surface area contributed by atoms with Gasteiger partial charge in [0.05, 0.1) is 0 Å². The Hall–Kier alpha value is -0.570. The maximum atomic E-state index is 11.2. The topological polar surface area (TPSA) is 32.3 Å². The molecule has 3 heteroatoms. The first-order valence-electron chi connectivity index (χ1n) is 8.00. The van der Waals surface area contributed by atoms with Crippen LogP contribution in [-0.2, 0) is 4.79 Å². The van der Waals surface area contributed by atoms with E-state index < -0.39 is 0 Å². The van der Waals surface area contributed by atoms with Crippen LogP contribution in [0.2, 0.25) is 0 Å². The Kier molecular flexibility index (Phi) is 10.9. The molecule has 114 valence electrons. The summed E-state index contributed by atoms with van der Waals surface area (Å²) in [6.07, 6.45) is 6.22. The molecule has 0 aromatic carbocycles. The fraction of sp³-hybridized carbons (Fsp3) is 0.938. The molecule has 0 spiro atoms. The third-order valence-corrected chi connectivity index (χ3v) is 3.40. The smallest absolute Gasteiger partial charge is 0.219 e. The highest BCUT2D eigenvalue weighted by Gasteiger charge is 2.19. The number of nitrogens with zero attached hydrogens (tertiary/aromatic N) is 1. The van der Waals surface area contributed by atoms with E-state index in [1.54, 1.807) is 6.92 Å². The standard InChI is InChI=1S/C13H26N2O.C3H8/c1-11(2)14-8-4-5-13-6-9-15(10-7-13)12(3)16;1-3-2/h11,13-14H,4-10H2,1-3H3;3H2,1-2H3. The Morgan fingerprint density at radius 2 is 1.79 bits per heavy atom. The Morgan fingerprint density at radius 3 is 2.21 bits per heavy atom. The average Bonchev–Trinajstić information content (AvgIpc) is 2.36. The highest BCUT2D eigenvalue weighted by molar-refractivity contribution is 5.73. The third-order valence-electron chi connectivity index (χ3n) is 3.40. The van der Waals surface area contributed by atoms with Gasteiger partial charge in [0, 0.05) is 26.1 Å². The van der Waals surface area contributed by atoms with Crippen LogP contribution in [0.15, 0.2) is 0 Å². The summed E-state index contributed by atoms with van der Waals surface area (Å²) >= 11 is 0. The Balaban J connectivity index is 0.000000982. The minimum atomic E-state index is 0.236. The molecule has 0 unspecified atom stereocenters. The van der Waals surface area contributed by atoms with E-state index in [0.29, 0.717) is 6.04 Å². The predicted octanol–water partition coefficient (Wildman–Crippen LogP) is 3.44. The molecule has 1 rings (SSSR count). The van der Waals surface area contributed by atoms with Crippen LogP contribution in [0.1, 0.15) is 66.7 Å². The summed E-state index contributed by atoms with van der Waals surface area (Å²) in [6.45, 7) is 13.4. The molecule has 1 saturated heterocycles. The number of hydrogen-bond donors (Lipinski definition) is 1. The highest BCUT2D eigenvalue weighted by Crippen LogP contribution is 2.21. The van der Waals surface area contributed by atoms with Crippen molar-refractivity contribution < 1.29 is 4.79 Å². The fourth-order valence-electron chi connectivity index (χ4n) is 2.32. The summed E-state index contributed by atoms with van der Waals surface area (Å²) in [7, 11) is 0. The van der Waals surface area contributed by atoms with Gasteiger partial charge in [-0.05, 0) is 38.1 Å². The normalized spacial score (nSPS) is 16.2. The molecule has 0 saturated carbocycles. The van der Waals surface area contributed by atoms with Crippen LogP contribution in [0.5, 0.6) is 0 Å². The lowest BCUT2D eigenvalue weighted by atomic mass is 9.92. The molecular weight excluding hydrogens is 236 g/mol. The van der Waals surface area contributed by atoms with Crippen molar-refractivity contribution in [1.29, 1.82) is 0 Å². The number of amides is 1. The number of hydrogen-bond acceptors (Lipinski definition) is 2. The zero-order chi connectivity index (χ0) is 14.7. The monoisotopic (exact) mass is 270 g/mol. The van der Waals surface area contributed by atoms with Crippen molar-refractivity contribution in [3.63, 3.8) is 0 Å². The van der Waals surface area contributed by atoms with Crippen molar-refractivity contribution in [2.75, 3.05) is 19.6 Å². The van der Waals surface area contributed by atoms with E-state index in [4.69, 9.17) is 0 Å². The first-order chi connectivity index (χ1) is 9.01. The number of rotatable bonds is 5. The third kappa shape index (κ3) is 9.94. The van der Waals surface area contributed by atoms with Gasteiger partial charge in [0.2, 0.25) is 5.91 Å². The van der Waals surface area contributed by atoms with Crippen LogP contribution >= 0.6 is 0 Å². The molecule has 1 aliphatic rings. The molecule has 19 heavy (non-hydrogen) atoms. The summed E-state index contributed by atoms with van der Waals surface area (Å²) in [5.41, 5.74) is 0. The molecule has 1 aliphatic heterocycles. The van der Waals surface area contributed by atoms with Crippen molar-refractivity contribution in [3.8, 4) is 0 Å². The largest absolute Gasteiger partial charge is 0.343 e. The first-order valence-corrected chi connectivity index (χ1v) is 8.00. The Labute approximate surface area is 120 Å². The van der Waals surface area contributed by atoms with E-state index in [2.05, 4.69) is 33.0 Å². The van der Waals surface area contributed by atoms with E-state index in [0.717, 1.165) is 25.6 Å².